The van der Waals surface area contributed by atoms with Crippen LogP contribution in [0.25, 0.3) is 0 Å². The maximum Gasteiger partial charge on any atom is 0.107 e. The van der Waals surface area contributed by atoms with Gasteiger partial charge in [-0.2, -0.15) is 0 Å². The Morgan fingerprint density at radius 2 is 2.31 bits per heavy atom. The van der Waals surface area contributed by atoms with Gasteiger partial charge in [-0.1, -0.05) is 6.07 Å². The largest absolute Gasteiger partial charge is 0.302 e. The van der Waals surface area contributed by atoms with Crippen LogP contribution >= 0.6 is 11.3 Å². The van der Waals surface area contributed by atoms with Gasteiger partial charge in [-0.25, -0.2) is 4.98 Å². The first-order chi connectivity index (χ1) is 7.75. The van der Waals surface area contributed by atoms with Gasteiger partial charge in [0.05, 0.1) is 5.69 Å². The van der Waals surface area contributed by atoms with E-state index < -0.39 is 0 Å². The van der Waals surface area contributed by atoms with E-state index in [4.69, 9.17) is 0 Å². The third kappa shape index (κ3) is 2.87. The molecule has 4 heteroatoms. The van der Waals surface area contributed by atoms with Crippen molar-refractivity contribution in [1.29, 1.82) is 0 Å². The average molecular weight is 233 g/mol. The molecule has 2 rings (SSSR count). The molecule has 2 aromatic heterocycles. The first-order valence-electron chi connectivity index (χ1n) is 5.31. The lowest BCUT2D eigenvalue weighted by Crippen LogP contribution is -2.18. The van der Waals surface area contributed by atoms with E-state index in [0.29, 0.717) is 0 Å². The highest BCUT2D eigenvalue weighted by Crippen LogP contribution is 2.12. The van der Waals surface area contributed by atoms with Gasteiger partial charge in [0.2, 0.25) is 0 Å². The number of hydrogen-bond donors (Lipinski definition) is 1. The van der Waals surface area contributed by atoms with Crippen molar-refractivity contribution in [2.75, 3.05) is 0 Å². The minimum absolute atomic E-state index is 0.255. The lowest BCUT2D eigenvalue weighted by Gasteiger charge is -2.11. The Balaban J connectivity index is 1.91. The summed E-state index contributed by atoms with van der Waals surface area (Å²) in [7, 11) is 0. The number of nitrogens with one attached hydrogen (secondary N) is 1. The van der Waals surface area contributed by atoms with Gasteiger partial charge in [0, 0.05) is 29.9 Å². The van der Waals surface area contributed by atoms with Crippen LogP contribution in [0.3, 0.4) is 0 Å². The minimum atomic E-state index is 0.255. The van der Waals surface area contributed by atoms with Gasteiger partial charge in [0.15, 0.2) is 0 Å². The van der Waals surface area contributed by atoms with E-state index in [1.54, 1.807) is 11.3 Å². The van der Waals surface area contributed by atoms with E-state index >= 15 is 0 Å². The lowest BCUT2D eigenvalue weighted by molar-refractivity contribution is 0.560. The average Bonchev–Trinajstić information content (AvgIpc) is 2.73. The van der Waals surface area contributed by atoms with Crippen LogP contribution in [-0.4, -0.2) is 9.97 Å². The van der Waals surface area contributed by atoms with E-state index in [2.05, 4.69) is 27.6 Å². The summed E-state index contributed by atoms with van der Waals surface area (Å²) in [6, 6.07) is 6.23. The second-order valence-electron chi connectivity index (χ2n) is 3.74. The molecule has 0 unspecified atom stereocenters. The Labute approximate surface area is 99.6 Å². The molecule has 0 spiro atoms. The SMILES string of the molecule is Cc1csc(CN[C@@H](C)c2ccccn2)n1. The summed E-state index contributed by atoms with van der Waals surface area (Å²) in [4.78, 5) is 8.73. The molecule has 16 heavy (non-hydrogen) atoms. The fourth-order valence-corrected chi connectivity index (χ4v) is 2.18. The molecule has 0 radical (unpaired) electrons. The molecule has 0 saturated carbocycles. The normalized spacial score (nSPS) is 12.6. The van der Waals surface area contributed by atoms with Crippen molar-refractivity contribution < 1.29 is 0 Å². The topological polar surface area (TPSA) is 37.8 Å². The van der Waals surface area contributed by atoms with Crippen LogP contribution in [0.1, 0.15) is 29.4 Å². The van der Waals surface area contributed by atoms with Crippen LogP contribution in [0.15, 0.2) is 29.8 Å². The highest BCUT2D eigenvalue weighted by molar-refractivity contribution is 7.09. The van der Waals surface area contributed by atoms with Gasteiger partial charge in [0.1, 0.15) is 5.01 Å². The standard InChI is InChI=1S/C12H15N3S/c1-9-8-16-12(15-9)7-14-10(2)11-5-3-4-6-13-11/h3-6,8,10,14H,7H2,1-2H3/t10-/m0/s1. The fraction of sp³-hybridized carbons (Fsp3) is 0.333. The zero-order valence-electron chi connectivity index (χ0n) is 9.47. The monoisotopic (exact) mass is 233 g/mol. The highest BCUT2D eigenvalue weighted by atomic mass is 32.1. The maximum absolute atomic E-state index is 4.41. The van der Waals surface area contributed by atoms with Crippen molar-refractivity contribution in [2.24, 2.45) is 0 Å². The predicted molar refractivity (Wildman–Crippen MR) is 66.3 cm³/mol. The molecule has 0 aromatic carbocycles. The molecule has 0 amide bonds. The number of rotatable bonds is 4. The molecule has 2 heterocycles. The highest BCUT2D eigenvalue weighted by Gasteiger charge is 2.06. The summed E-state index contributed by atoms with van der Waals surface area (Å²) in [6.07, 6.45) is 1.82. The summed E-state index contributed by atoms with van der Waals surface area (Å²) in [5, 5.41) is 6.61. The van der Waals surface area contributed by atoms with Crippen LogP contribution in [0, 0.1) is 6.92 Å². The Morgan fingerprint density at radius 1 is 1.44 bits per heavy atom. The number of aryl methyl sites for hydroxylation is 1. The summed E-state index contributed by atoms with van der Waals surface area (Å²) >= 11 is 1.69. The van der Waals surface area contributed by atoms with Gasteiger partial charge in [-0.3, -0.25) is 4.98 Å². The lowest BCUT2D eigenvalue weighted by atomic mass is 10.2. The van der Waals surface area contributed by atoms with Crippen LogP contribution in [0.2, 0.25) is 0 Å². The van der Waals surface area contributed by atoms with Crippen LogP contribution < -0.4 is 5.32 Å². The first kappa shape index (κ1) is 11.2. The second-order valence-corrected chi connectivity index (χ2v) is 4.68. The zero-order valence-corrected chi connectivity index (χ0v) is 10.3. The molecule has 0 saturated heterocycles. The number of thiazole rings is 1. The number of pyridine rings is 1. The third-order valence-electron chi connectivity index (χ3n) is 2.36. The van der Waals surface area contributed by atoms with Crippen molar-refractivity contribution in [3.63, 3.8) is 0 Å². The molecule has 0 aliphatic heterocycles. The van der Waals surface area contributed by atoms with Crippen molar-refractivity contribution in [3.8, 4) is 0 Å². The molecular formula is C12H15N3S. The van der Waals surface area contributed by atoms with Crippen molar-refractivity contribution in [1.82, 2.24) is 15.3 Å². The van der Waals surface area contributed by atoms with Crippen LogP contribution in [0.4, 0.5) is 0 Å². The predicted octanol–water partition coefficient (Wildman–Crippen LogP) is 2.70. The molecule has 0 aliphatic rings. The molecule has 84 valence electrons. The van der Waals surface area contributed by atoms with Crippen LogP contribution in [-0.2, 0) is 6.54 Å². The molecule has 1 atom stereocenters. The van der Waals surface area contributed by atoms with Gasteiger partial charge >= 0.3 is 0 Å². The van der Waals surface area contributed by atoms with E-state index in [1.807, 2.05) is 31.3 Å². The fourth-order valence-electron chi connectivity index (χ4n) is 1.46. The van der Waals surface area contributed by atoms with Gasteiger partial charge in [-0.05, 0) is 26.0 Å². The molecule has 2 aromatic rings. The quantitative estimate of drug-likeness (QED) is 0.882. The third-order valence-corrected chi connectivity index (χ3v) is 3.32. The summed E-state index contributed by atoms with van der Waals surface area (Å²) < 4.78 is 0. The summed E-state index contributed by atoms with van der Waals surface area (Å²) in [6.45, 7) is 4.93. The molecule has 1 N–H and O–H groups in total. The molecular weight excluding hydrogens is 218 g/mol. The van der Waals surface area contributed by atoms with Crippen LogP contribution in [0.5, 0.6) is 0 Å². The van der Waals surface area contributed by atoms with Gasteiger partial charge in [-0.15, -0.1) is 11.3 Å². The Hall–Kier alpha value is -1.26. The molecule has 0 fully saturated rings. The minimum Gasteiger partial charge on any atom is -0.302 e. The Morgan fingerprint density at radius 3 is 2.94 bits per heavy atom. The van der Waals surface area contributed by atoms with Crippen molar-refractivity contribution in [3.05, 3.63) is 46.2 Å². The molecule has 3 nitrogen and oxygen atoms in total. The zero-order chi connectivity index (χ0) is 11.4. The maximum atomic E-state index is 4.41. The number of nitrogens with zero attached hydrogens (tertiary/aromatic N) is 2. The smallest absolute Gasteiger partial charge is 0.107 e. The number of aromatic nitrogens is 2. The summed E-state index contributed by atoms with van der Waals surface area (Å²) in [5.74, 6) is 0. The van der Waals surface area contributed by atoms with E-state index in [0.717, 1.165) is 22.9 Å². The summed E-state index contributed by atoms with van der Waals surface area (Å²) in [5.41, 5.74) is 2.16. The van der Waals surface area contributed by atoms with Crippen molar-refractivity contribution >= 4 is 11.3 Å². The number of hydrogen-bond acceptors (Lipinski definition) is 4. The van der Waals surface area contributed by atoms with E-state index in [1.165, 1.54) is 0 Å². The second kappa shape index (κ2) is 5.18. The van der Waals surface area contributed by atoms with E-state index in [-0.39, 0.29) is 6.04 Å². The van der Waals surface area contributed by atoms with Gasteiger partial charge in [0.25, 0.3) is 0 Å². The molecule has 0 aliphatic carbocycles. The Bertz CT molecular complexity index is 439. The van der Waals surface area contributed by atoms with E-state index in [9.17, 15) is 0 Å². The molecule has 0 bridgehead atoms. The van der Waals surface area contributed by atoms with Gasteiger partial charge < -0.3 is 5.32 Å². The Kier molecular flexibility index (Phi) is 3.64. The first-order valence-corrected chi connectivity index (χ1v) is 6.19. The van der Waals surface area contributed by atoms with Crippen molar-refractivity contribution in [2.45, 2.75) is 26.4 Å².